The lowest BCUT2D eigenvalue weighted by molar-refractivity contribution is 0.0845. The van der Waals surface area contributed by atoms with Gasteiger partial charge in [0.15, 0.2) is 0 Å². The Bertz CT molecular complexity index is 1200. The monoisotopic (exact) mass is 440 g/mol. The molecule has 2 aromatic carbocycles. The lowest BCUT2D eigenvalue weighted by Gasteiger charge is -2.32. The maximum Gasteiger partial charge on any atom is 0.261 e. The number of anilines is 1. The van der Waals surface area contributed by atoms with Gasteiger partial charge in [0.05, 0.1) is 29.0 Å². The lowest BCUT2D eigenvalue weighted by Crippen LogP contribution is -2.32. The Morgan fingerprint density at radius 2 is 1.90 bits per heavy atom. The number of nitrogens with one attached hydrogen (secondary N) is 2. The van der Waals surface area contributed by atoms with Crippen molar-refractivity contribution in [2.24, 2.45) is 0 Å². The molecule has 0 bridgehead atoms. The van der Waals surface area contributed by atoms with Gasteiger partial charge in [-0.2, -0.15) is 0 Å². The molecule has 162 valence electrons. The van der Waals surface area contributed by atoms with E-state index in [2.05, 4.69) is 10.0 Å². The SMILES string of the molecule is CC1(C)CCc2cc(S(=O)(=O)Nc3ccccc3C(=O)NCc3ccco3)ccc2O1. The maximum atomic E-state index is 13.0. The van der Waals surface area contributed by atoms with Crippen molar-refractivity contribution in [3.8, 4) is 5.75 Å². The summed E-state index contributed by atoms with van der Waals surface area (Å²) in [4.78, 5) is 12.8. The zero-order valence-electron chi connectivity index (χ0n) is 17.3. The number of sulfonamides is 1. The third-order valence-electron chi connectivity index (χ3n) is 5.14. The van der Waals surface area contributed by atoms with Crippen LogP contribution in [0.4, 0.5) is 5.69 Å². The van der Waals surface area contributed by atoms with Gasteiger partial charge in [-0.25, -0.2) is 8.42 Å². The van der Waals surface area contributed by atoms with Crippen LogP contribution in [0.3, 0.4) is 0 Å². The quantitative estimate of drug-likeness (QED) is 0.601. The first kappa shape index (κ1) is 21.0. The molecular formula is C23H24N2O5S. The third-order valence-corrected chi connectivity index (χ3v) is 6.51. The van der Waals surface area contributed by atoms with Gasteiger partial charge in [-0.1, -0.05) is 12.1 Å². The molecule has 0 atom stereocenters. The number of aryl methyl sites for hydroxylation is 1. The lowest BCUT2D eigenvalue weighted by atomic mass is 9.94. The van der Waals surface area contributed by atoms with Crippen LogP contribution in [0.1, 0.15) is 41.9 Å². The molecule has 3 aromatic rings. The Kier molecular flexibility index (Phi) is 5.49. The number of benzene rings is 2. The number of furan rings is 1. The van der Waals surface area contributed by atoms with Gasteiger partial charge in [0.2, 0.25) is 0 Å². The molecule has 0 saturated carbocycles. The van der Waals surface area contributed by atoms with Crippen LogP contribution >= 0.6 is 0 Å². The second-order valence-electron chi connectivity index (χ2n) is 8.04. The average Bonchev–Trinajstić information content (AvgIpc) is 3.25. The Morgan fingerprint density at radius 3 is 2.68 bits per heavy atom. The normalized spacial score (nSPS) is 14.9. The van der Waals surface area contributed by atoms with Crippen LogP contribution in [0, 0.1) is 0 Å². The molecular weight excluding hydrogens is 416 g/mol. The van der Waals surface area contributed by atoms with Crippen LogP contribution in [-0.4, -0.2) is 19.9 Å². The highest BCUT2D eigenvalue weighted by molar-refractivity contribution is 7.92. The van der Waals surface area contributed by atoms with Crippen LogP contribution < -0.4 is 14.8 Å². The molecule has 1 aromatic heterocycles. The molecule has 0 spiro atoms. The molecule has 2 N–H and O–H groups in total. The van der Waals surface area contributed by atoms with Crippen LogP contribution in [-0.2, 0) is 23.0 Å². The Balaban J connectivity index is 1.54. The number of amides is 1. The molecule has 1 amide bonds. The summed E-state index contributed by atoms with van der Waals surface area (Å²) >= 11 is 0. The molecule has 1 aliphatic rings. The van der Waals surface area contributed by atoms with Crippen LogP contribution in [0.15, 0.2) is 70.2 Å². The fourth-order valence-electron chi connectivity index (χ4n) is 3.45. The number of para-hydroxylation sites is 1. The molecule has 0 unspecified atom stereocenters. The van der Waals surface area contributed by atoms with E-state index >= 15 is 0 Å². The smallest absolute Gasteiger partial charge is 0.261 e. The third kappa shape index (κ3) is 4.74. The topological polar surface area (TPSA) is 97.6 Å². The standard InChI is InChI=1S/C23H24N2O5S/c1-23(2)12-11-16-14-18(9-10-21(16)30-23)31(27,28)25-20-8-4-3-7-19(20)22(26)24-15-17-6-5-13-29-17/h3-10,13-14,25H,11-12,15H2,1-2H3,(H,24,26). The minimum Gasteiger partial charge on any atom is -0.488 e. The van der Waals surface area contributed by atoms with Gasteiger partial charge in [0, 0.05) is 0 Å². The fraction of sp³-hybridized carbons (Fsp3) is 0.261. The highest BCUT2D eigenvalue weighted by Gasteiger charge is 2.28. The second-order valence-corrected chi connectivity index (χ2v) is 9.73. The van der Waals surface area contributed by atoms with Crippen molar-refractivity contribution in [1.82, 2.24) is 5.32 Å². The Labute approximate surface area is 181 Å². The van der Waals surface area contributed by atoms with E-state index in [0.29, 0.717) is 11.5 Å². The van der Waals surface area contributed by atoms with Gasteiger partial charge in [0.1, 0.15) is 17.1 Å². The van der Waals surface area contributed by atoms with Gasteiger partial charge >= 0.3 is 0 Å². The summed E-state index contributed by atoms with van der Waals surface area (Å²) in [5.74, 6) is 0.898. The van der Waals surface area contributed by atoms with E-state index < -0.39 is 15.9 Å². The van der Waals surface area contributed by atoms with E-state index in [9.17, 15) is 13.2 Å². The van der Waals surface area contributed by atoms with Crippen molar-refractivity contribution in [2.75, 3.05) is 4.72 Å². The summed E-state index contributed by atoms with van der Waals surface area (Å²) in [5, 5.41) is 2.73. The first-order chi connectivity index (χ1) is 14.7. The first-order valence-electron chi connectivity index (χ1n) is 9.98. The number of carbonyl (C=O) groups excluding carboxylic acids is 1. The van der Waals surface area contributed by atoms with Crippen LogP contribution in [0.25, 0.3) is 0 Å². The van der Waals surface area contributed by atoms with Crippen molar-refractivity contribution < 1.29 is 22.4 Å². The van der Waals surface area contributed by atoms with E-state index in [1.54, 1.807) is 48.5 Å². The van der Waals surface area contributed by atoms with Crippen molar-refractivity contribution in [2.45, 2.75) is 43.7 Å². The second kappa shape index (κ2) is 8.11. The minimum atomic E-state index is -3.89. The van der Waals surface area contributed by atoms with E-state index in [1.807, 2.05) is 13.8 Å². The summed E-state index contributed by atoms with van der Waals surface area (Å²) in [6.07, 6.45) is 3.06. The zero-order valence-corrected chi connectivity index (χ0v) is 18.2. The molecule has 7 nitrogen and oxygen atoms in total. The molecule has 0 aliphatic carbocycles. The summed E-state index contributed by atoms with van der Waals surface area (Å²) in [6.45, 7) is 4.22. The largest absolute Gasteiger partial charge is 0.488 e. The van der Waals surface area contributed by atoms with Crippen molar-refractivity contribution in [3.63, 3.8) is 0 Å². The molecule has 8 heteroatoms. The molecule has 0 saturated heterocycles. The number of hydrogen-bond donors (Lipinski definition) is 2. The molecule has 0 fully saturated rings. The number of carbonyl (C=O) groups is 1. The van der Waals surface area contributed by atoms with Crippen LogP contribution in [0.5, 0.6) is 5.75 Å². The fourth-order valence-corrected chi connectivity index (χ4v) is 4.58. The van der Waals surface area contributed by atoms with Gasteiger partial charge in [0.25, 0.3) is 15.9 Å². The highest BCUT2D eigenvalue weighted by Crippen LogP contribution is 2.34. The number of hydrogen-bond acceptors (Lipinski definition) is 5. The molecule has 1 aliphatic heterocycles. The predicted octanol–water partition coefficient (Wildman–Crippen LogP) is 4.11. The maximum absolute atomic E-state index is 13.0. The molecule has 2 heterocycles. The van der Waals surface area contributed by atoms with Crippen molar-refractivity contribution in [1.29, 1.82) is 0 Å². The summed E-state index contributed by atoms with van der Waals surface area (Å²) < 4.78 is 39.8. The number of fused-ring (bicyclic) bond motifs is 1. The van der Waals surface area contributed by atoms with Gasteiger partial charge in [-0.3, -0.25) is 9.52 Å². The zero-order chi connectivity index (χ0) is 22.1. The van der Waals surface area contributed by atoms with Crippen molar-refractivity contribution in [3.05, 3.63) is 77.7 Å². The van der Waals surface area contributed by atoms with E-state index in [1.165, 1.54) is 12.3 Å². The molecule has 0 radical (unpaired) electrons. The Hall–Kier alpha value is -3.26. The minimum absolute atomic E-state index is 0.125. The summed E-state index contributed by atoms with van der Waals surface area (Å²) in [7, 11) is -3.89. The summed E-state index contributed by atoms with van der Waals surface area (Å²) in [5.41, 5.74) is 1.01. The predicted molar refractivity (Wildman–Crippen MR) is 117 cm³/mol. The number of rotatable bonds is 6. The van der Waals surface area contributed by atoms with Crippen LogP contribution in [0.2, 0.25) is 0 Å². The first-order valence-corrected chi connectivity index (χ1v) is 11.5. The van der Waals surface area contributed by atoms with E-state index in [4.69, 9.17) is 9.15 Å². The molecule has 31 heavy (non-hydrogen) atoms. The van der Waals surface area contributed by atoms with Gasteiger partial charge in [-0.05, 0) is 74.7 Å². The Morgan fingerprint density at radius 1 is 1.10 bits per heavy atom. The molecule has 4 rings (SSSR count). The van der Waals surface area contributed by atoms with Gasteiger partial charge < -0.3 is 14.5 Å². The number of ether oxygens (including phenoxy) is 1. The van der Waals surface area contributed by atoms with E-state index in [-0.39, 0.29) is 28.3 Å². The van der Waals surface area contributed by atoms with Gasteiger partial charge in [-0.15, -0.1) is 0 Å². The van der Waals surface area contributed by atoms with E-state index in [0.717, 1.165) is 18.4 Å². The average molecular weight is 441 g/mol. The highest BCUT2D eigenvalue weighted by atomic mass is 32.2. The summed E-state index contributed by atoms with van der Waals surface area (Å²) in [6, 6.07) is 14.8. The van der Waals surface area contributed by atoms with Crippen molar-refractivity contribution >= 4 is 21.6 Å².